The number of benzene rings is 2. The molecule has 1 aliphatic rings. The largest absolute Gasteiger partial charge is 0.349 e. The second-order valence-corrected chi connectivity index (χ2v) is 8.39. The molecule has 7 heteroatoms. The Bertz CT molecular complexity index is 1230. The lowest BCUT2D eigenvalue weighted by molar-refractivity contribution is -0.122. The zero-order valence-corrected chi connectivity index (χ0v) is 17.9. The fourth-order valence-electron chi connectivity index (χ4n) is 4.37. The van der Waals surface area contributed by atoms with Crippen molar-refractivity contribution in [1.29, 1.82) is 0 Å². The van der Waals surface area contributed by atoms with Crippen molar-refractivity contribution in [1.82, 2.24) is 24.9 Å². The van der Waals surface area contributed by atoms with E-state index in [1.54, 1.807) is 0 Å². The van der Waals surface area contributed by atoms with Gasteiger partial charge in [0, 0.05) is 28.1 Å². The lowest BCUT2D eigenvalue weighted by Gasteiger charge is -2.24. The van der Waals surface area contributed by atoms with Crippen LogP contribution in [-0.4, -0.2) is 25.5 Å². The molecule has 1 amide bonds. The lowest BCUT2D eigenvalue weighted by Crippen LogP contribution is -2.31. The predicted octanol–water partition coefficient (Wildman–Crippen LogP) is 4.52. The van der Waals surface area contributed by atoms with Crippen LogP contribution in [0.4, 0.5) is 0 Å². The molecule has 4 aromatic rings. The molecule has 1 N–H and O–H groups in total. The zero-order chi connectivity index (χ0) is 21.2. The van der Waals surface area contributed by atoms with Gasteiger partial charge in [0.1, 0.15) is 0 Å². The van der Waals surface area contributed by atoms with E-state index in [0.717, 1.165) is 46.3 Å². The molecule has 0 fully saturated rings. The third-order valence-corrected chi connectivity index (χ3v) is 6.35. The van der Waals surface area contributed by atoms with Crippen LogP contribution in [0.15, 0.2) is 60.9 Å². The molecule has 2 aromatic heterocycles. The summed E-state index contributed by atoms with van der Waals surface area (Å²) in [5.74, 6) is 0.0382. The highest BCUT2D eigenvalue weighted by atomic mass is 35.5. The van der Waals surface area contributed by atoms with Gasteiger partial charge in [0.25, 0.3) is 0 Å². The molecule has 0 saturated heterocycles. The summed E-state index contributed by atoms with van der Waals surface area (Å²) >= 11 is 6.33. The number of para-hydroxylation sites is 1. The Labute approximate surface area is 185 Å². The van der Waals surface area contributed by atoms with E-state index in [9.17, 15) is 4.79 Å². The standard InChI is InChI=1S/C24H24ClN5O/c25-20-8-3-1-7-18(20)16-30-23-11-5-9-21(19(23)15-27-30)28-24(31)12-13-29-22-10-4-2-6-17(22)14-26-29/h1-4,6-8,10,14-15,21H,5,9,11-13,16H2,(H,28,31)/t21-/m0/s1. The predicted molar refractivity (Wildman–Crippen MR) is 121 cm³/mol. The van der Waals surface area contributed by atoms with Crippen molar-refractivity contribution in [3.05, 3.63) is 82.8 Å². The average molecular weight is 434 g/mol. The van der Waals surface area contributed by atoms with Crippen LogP contribution in [0.2, 0.25) is 5.02 Å². The van der Waals surface area contributed by atoms with Crippen molar-refractivity contribution >= 4 is 28.4 Å². The minimum absolute atomic E-state index is 0.00520. The number of fused-ring (bicyclic) bond motifs is 2. The van der Waals surface area contributed by atoms with Gasteiger partial charge in [-0.1, -0.05) is 48.0 Å². The van der Waals surface area contributed by atoms with Crippen LogP contribution in [0, 0.1) is 0 Å². The van der Waals surface area contributed by atoms with Crippen LogP contribution >= 0.6 is 11.6 Å². The summed E-state index contributed by atoms with van der Waals surface area (Å²) in [7, 11) is 0. The van der Waals surface area contributed by atoms with Crippen LogP contribution in [0.25, 0.3) is 10.9 Å². The second kappa shape index (κ2) is 8.55. The molecule has 2 heterocycles. The summed E-state index contributed by atoms with van der Waals surface area (Å²) in [6.45, 7) is 1.20. The van der Waals surface area contributed by atoms with E-state index in [1.165, 1.54) is 5.69 Å². The molecule has 158 valence electrons. The van der Waals surface area contributed by atoms with E-state index in [1.807, 2.05) is 70.3 Å². The summed E-state index contributed by atoms with van der Waals surface area (Å²) < 4.78 is 3.91. The number of aromatic nitrogens is 4. The van der Waals surface area contributed by atoms with E-state index in [2.05, 4.69) is 15.5 Å². The van der Waals surface area contributed by atoms with Crippen molar-refractivity contribution < 1.29 is 4.79 Å². The van der Waals surface area contributed by atoms with Crippen molar-refractivity contribution in [3.8, 4) is 0 Å². The van der Waals surface area contributed by atoms with E-state index in [0.29, 0.717) is 19.5 Å². The first kappa shape index (κ1) is 19.8. The Hall–Kier alpha value is -3.12. The molecule has 0 bridgehead atoms. The van der Waals surface area contributed by atoms with Gasteiger partial charge >= 0.3 is 0 Å². The number of carbonyl (C=O) groups is 1. The van der Waals surface area contributed by atoms with Crippen LogP contribution < -0.4 is 5.32 Å². The van der Waals surface area contributed by atoms with Crippen LogP contribution in [-0.2, 0) is 24.3 Å². The molecule has 1 aliphatic carbocycles. The maximum absolute atomic E-state index is 12.7. The van der Waals surface area contributed by atoms with Crippen molar-refractivity contribution in [3.63, 3.8) is 0 Å². The Kier molecular flexibility index (Phi) is 5.47. The summed E-state index contributed by atoms with van der Waals surface area (Å²) in [6.07, 6.45) is 7.05. The smallest absolute Gasteiger partial charge is 0.222 e. The summed E-state index contributed by atoms with van der Waals surface area (Å²) in [6, 6.07) is 15.9. The zero-order valence-electron chi connectivity index (χ0n) is 17.2. The highest BCUT2D eigenvalue weighted by Gasteiger charge is 2.25. The number of rotatable bonds is 6. The fourth-order valence-corrected chi connectivity index (χ4v) is 4.57. The Morgan fingerprint density at radius 1 is 1.06 bits per heavy atom. The van der Waals surface area contributed by atoms with Gasteiger partial charge in [-0.3, -0.25) is 14.2 Å². The van der Waals surface area contributed by atoms with Crippen LogP contribution in [0.5, 0.6) is 0 Å². The number of nitrogens with zero attached hydrogens (tertiary/aromatic N) is 4. The molecule has 31 heavy (non-hydrogen) atoms. The van der Waals surface area contributed by atoms with Gasteiger partial charge in [0.2, 0.25) is 5.91 Å². The van der Waals surface area contributed by atoms with Crippen LogP contribution in [0.3, 0.4) is 0 Å². The first-order valence-corrected chi connectivity index (χ1v) is 11.0. The van der Waals surface area contributed by atoms with Gasteiger partial charge in [-0.05, 0) is 37.0 Å². The third-order valence-electron chi connectivity index (χ3n) is 5.98. The van der Waals surface area contributed by atoms with E-state index in [4.69, 9.17) is 11.6 Å². The van der Waals surface area contributed by atoms with E-state index >= 15 is 0 Å². The number of amides is 1. The Morgan fingerprint density at radius 2 is 1.87 bits per heavy atom. The second-order valence-electron chi connectivity index (χ2n) is 7.98. The number of aryl methyl sites for hydroxylation is 1. The van der Waals surface area contributed by atoms with Gasteiger partial charge in [-0.15, -0.1) is 0 Å². The number of carbonyl (C=O) groups excluding carboxylic acids is 1. The minimum atomic E-state index is 0.00520. The minimum Gasteiger partial charge on any atom is -0.349 e. The topological polar surface area (TPSA) is 64.7 Å². The molecular formula is C24H24ClN5O. The molecular weight excluding hydrogens is 410 g/mol. The monoisotopic (exact) mass is 433 g/mol. The van der Waals surface area contributed by atoms with E-state index in [-0.39, 0.29) is 11.9 Å². The molecule has 2 aromatic carbocycles. The van der Waals surface area contributed by atoms with Crippen molar-refractivity contribution in [2.24, 2.45) is 0 Å². The quantitative estimate of drug-likeness (QED) is 0.486. The van der Waals surface area contributed by atoms with Gasteiger partial charge in [0.15, 0.2) is 0 Å². The van der Waals surface area contributed by atoms with Gasteiger partial charge in [-0.2, -0.15) is 10.2 Å². The molecule has 0 aliphatic heterocycles. The fraction of sp³-hybridized carbons (Fsp3) is 0.292. The number of hydrogen-bond donors (Lipinski definition) is 1. The molecule has 0 saturated carbocycles. The van der Waals surface area contributed by atoms with Crippen LogP contribution in [0.1, 0.15) is 42.1 Å². The Morgan fingerprint density at radius 3 is 2.77 bits per heavy atom. The normalized spacial score (nSPS) is 15.7. The third kappa shape index (κ3) is 4.08. The molecule has 0 unspecified atom stereocenters. The maximum Gasteiger partial charge on any atom is 0.222 e. The Balaban J connectivity index is 1.25. The summed E-state index contributed by atoms with van der Waals surface area (Å²) in [5.41, 5.74) is 4.41. The molecule has 6 nitrogen and oxygen atoms in total. The summed E-state index contributed by atoms with van der Waals surface area (Å²) in [5, 5.41) is 14.1. The number of hydrogen-bond acceptors (Lipinski definition) is 3. The van der Waals surface area contributed by atoms with Crippen molar-refractivity contribution in [2.75, 3.05) is 0 Å². The van der Waals surface area contributed by atoms with Gasteiger partial charge in [0.05, 0.1) is 37.0 Å². The lowest BCUT2D eigenvalue weighted by atomic mass is 9.92. The first-order valence-electron chi connectivity index (χ1n) is 10.7. The number of halogens is 1. The average Bonchev–Trinajstić information content (AvgIpc) is 3.39. The molecule has 1 atom stereocenters. The highest BCUT2D eigenvalue weighted by molar-refractivity contribution is 6.31. The SMILES string of the molecule is O=C(CCn1ncc2ccccc21)N[C@H]1CCCc2c1cnn2Cc1ccccc1Cl. The molecule has 5 rings (SSSR count). The molecule has 0 radical (unpaired) electrons. The van der Waals surface area contributed by atoms with E-state index < -0.39 is 0 Å². The highest BCUT2D eigenvalue weighted by Crippen LogP contribution is 2.30. The summed E-state index contributed by atoms with van der Waals surface area (Å²) in [4.78, 5) is 12.7. The van der Waals surface area contributed by atoms with Gasteiger partial charge in [-0.25, -0.2) is 0 Å². The first-order chi connectivity index (χ1) is 15.2. The molecule has 0 spiro atoms. The number of nitrogens with one attached hydrogen (secondary N) is 1. The van der Waals surface area contributed by atoms with Crippen molar-refractivity contribution in [2.45, 2.75) is 44.8 Å². The van der Waals surface area contributed by atoms with Gasteiger partial charge < -0.3 is 5.32 Å². The maximum atomic E-state index is 12.7.